The molecule has 0 spiro atoms. The van der Waals surface area contributed by atoms with Crippen LogP contribution in [0.2, 0.25) is 5.02 Å². The first-order valence-corrected chi connectivity index (χ1v) is 15.5. The van der Waals surface area contributed by atoms with Crippen molar-refractivity contribution in [3.8, 4) is 0 Å². The van der Waals surface area contributed by atoms with Crippen molar-refractivity contribution in [1.82, 2.24) is 10.2 Å². The van der Waals surface area contributed by atoms with Crippen LogP contribution >= 0.6 is 11.6 Å². The first kappa shape index (κ1) is 31.2. The van der Waals surface area contributed by atoms with E-state index in [1.807, 2.05) is 62.4 Å². The fraction of sp³-hybridized carbons (Fsp3) is 0.355. The molecule has 0 fully saturated rings. The summed E-state index contributed by atoms with van der Waals surface area (Å²) >= 11 is 6.47. The van der Waals surface area contributed by atoms with E-state index in [9.17, 15) is 18.0 Å². The van der Waals surface area contributed by atoms with Crippen LogP contribution in [0.5, 0.6) is 0 Å². The lowest BCUT2D eigenvalue weighted by atomic mass is 10.0. The van der Waals surface area contributed by atoms with Crippen molar-refractivity contribution in [3.05, 3.63) is 101 Å². The van der Waals surface area contributed by atoms with Gasteiger partial charge in [0.2, 0.25) is 21.8 Å². The molecule has 0 saturated heterocycles. The average molecular weight is 584 g/mol. The highest BCUT2D eigenvalue weighted by Gasteiger charge is 2.33. The minimum Gasteiger partial charge on any atom is -0.352 e. The number of amides is 2. The fourth-order valence-electron chi connectivity index (χ4n) is 4.38. The molecule has 0 radical (unpaired) electrons. The number of carbonyl (C=O) groups is 2. The van der Waals surface area contributed by atoms with Gasteiger partial charge >= 0.3 is 0 Å². The number of nitrogens with zero attached hydrogens (tertiary/aromatic N) is 2. The highest BCUT2D eigenvalue weighted by Crippen LogP contribution is 2.24. The van der Waals surface area contributed by atoms with Gasteiger partial charge in [-0.3, -0.25) is 13.9 Å². The Morgan fingerprint density at radius 3 is 2.02 bits per heavy atom. The van der Waals surface area contributed by atoms with Gasteiger partial charge in [-0.1, -0.05) is 86.1 Å². The van der Waals surface area contributed by atoms with Gasteiger partial charge in [-0.25, -0.2) is 8.42 Å². The lowest BCUT2D eigenvalue weighted by Crippen LogP contribution is -2.54. The summed E-state index contributed by atoms with van der Waals surface area (Å²) in [6.45, 7) is 7.37. The molecule has 0 heterocycles. The largest absolute Gasteiger partial charge is 0.352 e. The second-order valence-electron chi connectivity index (χ2n) is 10.5. The van der Waals surface area contributed by atoms with E-state index in [0.29, 0.717) is 16.3 Å². The third-order valence-electron chi connectivity index (χ3n) is 6.53. The molecule has 3 rings (SSSR count). The number of sulfonamides is 1. The van der Waals surface area contributed by atoms with Gasteiger partial charge in [0.05, 0.1) is 11.9 Å². The Kier molecular flexibility index (Phi) is 10.8. The van der Waals surface area contributed by atoms with Crippen LogP contribution in [0.25, 0.3) is 0 Å². The lowest BCUT2D eigenvalue weighted by Gasteiger charge is -2.34. The van der Waals surface area contributed by atoms with Crippen LogP contribution in [-0.2, 0) is 32.6 Å². The van der Waals surface area contributed by atoms with Crippen molar-refractivity contribution < 1.29 is 18.0 Å². The molecule has 1 unspecified atom stereocenters. The molecule has 0 aliphatic rings. The van der Waals surface area contributed by atoms with Gasteiger partial charge in [0.15, 0.2) is 0 Å². The van der Waals surface area contributed by atoms with Crippen molar-refractivity contribution >= 4 is 39.1 Å². The zero-order chi connectivity index (χ0) is 29.4. The summed E-state index contributed by atoms with van der Waals surface area (Å²) in [7, 11) is -3.83. The Labute approximate surface area is 243 Å². The van der Waals surface area contributed by atoms with Crippen LogP contribution < -0.4 is 9.62 Å². The minimum atomic E-state index is -3.83. The third-order valence-corrected chi connectivity index (χ3v) is 8.04. The topological polar surface area (TPSA) is 86.8 Å². The Bertz CT molecular complexity index is 1390. The first-order valence-electron chi connectivity index (χ1n) is 13.3. The molecule has 0 aliphatic carbocycles. The molecule has 2 amide bonds. The number of halogens is 1. The zero-order valence-electron chi connectivity index (χ0n) is 23.7. The molecule has 214 valence electrons. The number of benzene rings is 3. The highest BCUT2D eigenvalue weighted by atomic mass is 35.5. The second-order valence-corrected chi connectivity index (χ2v) is 12.8. The van der Waals surface area contributed by atoms with Crippen molar-refractivity contribution in [3.63, 3.8) is 0 Å². The van der Waals surface area contributed by atoms with Crippen LogP contribution in [-0.4, -0.2) is 50.0 Å². The smallest absolute Gasteiger partial charge is 0.244 e. The number of carbonyl (C=O) groups excluding carboxylic acids is 2. The third kappa shape index (κ3) is 8.57. The van der Waals surface area contributed by atoms with E-state index in [0.717, 1.165) is 21.7 Å². The second kappa shape index (κ2) is 13.8. The Balaban J connectivity index is 2.05. The first-order chi connectivity index (χ1) is 18.9. The normalized spacial score (nSPS) is 12.3. The Hall–Kier alpha value is -3.36. The van der Waals surface area contributed by atoms with E-state index in [-0.39, 0.29) is 30.8 Å². The number of rotatable bonds is 12. The van der Waals surface area contributed by atoms with Gasteiger partial charge in [-0.15, -0.1) is 0 Å². The molecule has 9 heteroatoms. The quantitative estimate of drug-likeness (QED) is 0.309. The maximum Gasteiger partial charge on any atom is 0.244 e. The molecule has 7 nitrogen and oxygen atoms in total. The molecule has 1 N–H and O–H groups in total. The van der Waals surface area contributed by atoms with E-state index in [2.05, 4.69) is 19.2 Å². The maximum absolute atomic E-state index is 14.1. The van der Waals surface area contributed by atoms with Gasteiger partial charge in [0.25, 0.3) is 0 Å². The average Bonchev–Trinajstić information content (AvgIpc) is 2.89. The van der Waals surface area contributed by atoms with E-state index in [1.165, 1.54) is 4.90 Å². The van der Waals surface area contributed by atoms with Crippen LogP contribution in [0.4, 0.5) is 5.69 Å². The SMILES string of the molecule is CC(C)NC(=O)C(Cc1ccccc1)N(Cc1ccccc1Cl)C(=O)CN(c1ccc(C(C)C)cc1)S(C)(=O)=O. The van der Waals surface area contributed by atoms with E-state index >= 15 is 0 Å². The summed E-state index contributed by atoms with van der Waals surface area (Å²) in [6, 6.07) is 22.6. The summed E-state index contributed by atoms with van der Waals surface area (Å²) in [5.41, 5.74) is 2.95. The monoisotopic (exact) mass is 583 g/mol. The van der Waals surface area contributed by atoms with Crippen molar-refractivity contribution in [2.75, 3.05) is 17.1 Å². The molecule has 0 bridgehead atoms. The Morgan fingerprint density at radius 2 is 1.48 bits per heavy atom. The number of hydrogen-bond donors (Lipinski definition) is 1. The lowest BCUT2D eigenvalue weighted by molar-refractivity contribution is -0.140. The molecule has 0 saturated carbocycles. The van der Waals surface area contributed by atoms with Crippen molar-refractivity contribution in [2.45, 2.75) is 58.7 Å². The van der Waals surface area contributed by atoms with Gasteiger partial charge in [0.1, 0.15) is 12.6 Å². The molecular formula is C31H38ClN3O4S. The standard InChI is InChI=1S/C31H38ClN3O4S/c1-22(2)25-15-17-27(18-16-25)35(40(5,38)39)21-30(36)34(20-26-13-9-10-14-28(26)32)29(31(37)33-23(3)4)19-24-11-7-6-8-12-24/h6-18,22-23,29H,19-21H2,1-5H3,(H,33,37). The van der Waals surface area contributed by atoms with Crippen LogP contribution in [0, 0.1) is 0 Å². The summed E-state index contributed by atoms with van der Waals surface area (Å²) in [5.74, 6) is -0.573. The van der Waals surface area contributed by atoms with Crippen LogP contribution in [0.1, 0.15) is 50.3 Å². The summed E-state index contributed by atoms with van der Waals surface area (Å²) < 4.78 is 26.9. The van der Waals surface area contributed by atoms with Gasteiger partial charge in [0, 0.05) is 24.0 Å². The van der Waals surface area contributed by atoms with E-state index in [1.54, 1.807) is 30.3 Å². The van der Waals surface area contributed by atoms with Gasteiger partial charge in [-0.2, -0.15) is 0 Å². The zero-order valence-corrected chi connectivity index (χ0v) is 25.2. The molecule has 1 atom stereocenters. The molecular weight excluding hydrogens is 546 g/mol. The van der Waals surface area contributed by atoms with E-state index < -0.39 is 28.5 Å². The maximum atomic E-state index is 14.1. The molecule has 40 heavy (non-hydrogen) atoms. The van der Waals surface area contributed by atoms with E-state index in [4.69, 9.17) is 11.6 Å². The van der Waals surface area contributed by atoms with Crippen molar-refractivity contribution in [2.24, 2.45) is 0 Å². The molecule has 3 aromatic carbocycles. The Morgan fingerprint density at radius 1 is 0.875 bits per heavy atom. The summed E-state index contributed by atoms with van der Waals surface area (Å²) in [4.78, 5) is 29.1. The van der Waals surface area contributed by atoms with Crippen LogP contribution in [0.15, 0.2) is 78.9 Å². The van der Waals surface area contributed by atoms with Gasteiger partial charge in [-0.05, 0) is 54.7 Å². The molecule has 0 aliphatic heterocycles. The highest BCUT2D eigenvalue weighted by molar-refractivity contribution is 7.92. The number of hydrogen-bond acceptors (Lipinski definition) is 4. The fourth-order valence-corrected chi connectivity index (χ4v) is 5.43. The molecule has 3 aromatic rings. The summed E-state index contributed by atoms with van der Waals surface area (Å²) in [6.07, 6.45) is 1.32. The number of anilines is 1. The van der Waals surface area contributed by atoms with Crippen LogP contribution in [0.3, 0.4) is 0 Å². The van der Waals surface area contributed by atoms with Crippen molar-refractivity contribution in [1.29, 1.82) is 0 Å². The predicted octanol–water partition coefficient (Wildman–Crippen LogP) is 5.39. The number of nitrogens with one attached hydrogen (secondary N) is 1. The summed E-state index contributed by atoms with van der Waals surface area (Å²) in [5, 5.41) is 3.38. The predicted molar refractivity (Wildman–Crippen MR) is 162 cm³/mol. The van der Waals surface area contributed by atoms with Gasteiger partial charge < -0.3 is 10.2 Å². The molecule has 0 aromatic heterocycles. The minimum absolute atomic E-state index is 0.0331.